The summed E-state index contributed by atoms with van der Waals surface area (Å²) < 4.78 is 19.1. The average molecular weight is 257 g/mol. The fraction of sp³-hybridized carbons (Fsp3) is 0.0909. The molecule has 0 atom stereocenters. The standard InChI is InChI=1S/C11H10BrFO/c1-3-4-11(13)9-7-8(14-2)5-6-10(9)12/h3-7H,1H2,2H3/b11-4-. The third kappa shape index (κ3) is 2.45. The quantitative estimate of drug-likeness (QED) is 0.745. The fourth-order valence-corrected chi connectivity index (χ4v) is 1.44. The molecule has 0 unspecified atom stereocenters. The topological polar surface area (TPSA) is 9.23 Å². The number of ether oxygens (including phenoxy) is 1. The molecule has 0 aliphatic rings. The van der Waals surface area contributed by atoms with Gasteiger partial charge in [0.1, 0.15) is 11.6 Å². The van der Waals surface area contributed by atoms with Gasteiger partial charge in [-0.25, -0.2) is 4.39 Å². The van der Waals surface area contributed by atoms with Crippen molar-refractivity contribution in [2.45, 2.75) is 0 Å². The monoisotopic (exact) mass is 256 g/mol. The summed E-state index contributed by atoms with van der Waals surface area (Å²) in [5.74, 6) is 0.279. The highest BCUT2D eigenvalue weighted by Crippen LogP contribution is 2.29. The van der Waals surface area contributed by atoms with Gasteiger partial charge in [-0.3, -0.25) is 0 Å². The minimum Gasteiger partial charge on any atom is -0.497 e. The summed E-state index contributed by atoms with van der Waals surface area (Å²) in [6.45, 7) is 3.44. The highest BCUT2D eigenvalue weighted by molar-refractivity contribution is 9.10. The van der Waals surface area contributed by atoms with E-state index in [4.69, 9.17) is 4.74 Å². The summed E-state index contributed by atoms with van der Waals surface area (Å²) in [6.07, 6.45) is 2.71. The molecular weight excluding hydrogens is 247 g/mol. The van der Waals surface area contributed by atoms with E-state index in [9.17, 15) is 4.39 Å². The van der Waals surface area contributed by atoms with E-state index >= 15 is 0 Å². The molecule has 1 aromatic rings. The van der Waals surface area contributed by atoms with Crippen LogP contribution in [0, 0.1) is 0 Å². The minimum absolute atomic E-state index is 0.342. The van der Waals surface area contributed by atoms with Crippen molar-refractivity contribution in [3.8, 4) is 5.75 Å². The summed E-state index contributed by atoms with van der Waals surface area (Å²) >= 11 is 3.26. The van der Waals surface area contributed by atoms with E-state index in [0.29, 0.717) is 15.8 Å². The largest absolute Gasteiger partial charge is 0.497 e. The molecule has 74 valence electrons. The Bertz CT molecular complexity index is 372. The average Bonchev–Trinajstić information content (AvgIpc) is 2.19. The number of allylic oxidation sites excluding steroid dienone is 2. The van der Waals surface area contributed by atoms with Crippen molar-refractivity contribution in [3.63, 3.8) is 0 Å². The molecule has 0 fully saturated rings. The number of methoxy groups -OCH3 is 1. The summed E-state index contributed by atoms with van der Waals surface area (Å²) in [6, 6.07) is 5.12. The van der Waals surface area contributed by atoms with Crippen molar-refractivity contribution in [1.82, 2.24) is 0 Å². The van der Waals surface area contributed by atoms with Crippen molar-refractivity contribution in [2.75, 3.05) is 7.11 Å². The maximum Gasteiger partial charge on any atom is 0.131 e. The minimum atomic E-state index is -0.342. The smallest absolute Gasteiger partial charge is 0.131 e. The van der Waals surface area contributed by atoms with Gasteiger partial charge in [0, 0.05) is 10.0 Å². The molecule has 1 nitrogen and oxygen atoms in total. The molecule has 0 saturated carbocycles. The van der Waals surface area contributed by atoms with E-state index < -0.39 is 0 Å². The van der Waals surface area contributed by atoms with Gasteiger partial charge in [0.25, 0.3) is 0 Å². The third-order valence-corrected chi connectivity index (χ3v) is 2.39. The van der Waals surface area contributed by atoms with Crippen LogP contribution in [-0.4, -0.2) is 7.11 Å². The van der Waals surface area contributed by atoms with Gasteiger partial charge in [-0.2, -0.15) is 0 Å². The number of hydrogen-bond donors (Lipinski definition) is 0. The SMILES string of the molecule is C=C/C=C(\F)c1cc(OC)ccc1Br. The molecule has 14 heavy (non-hydrogen) atoms. The van der Waals surface area contributed by atoms with Crippen LogP contribution in [0.1, 0.15) is 5.56 Å². The molecule has 0 aliphatic carbocycles. The van der Waals surface area contributed by atoms with Crippen molar-refractivity contribution in [2.24, 2.45) is 0 Å². The van der Waals surface area contributed by atoms with Gasteiger partial charge >= 0.3 is 0 Å². The molecule has 0 N–H and O–H groups in total. The zero-order chi connectivity index (χ0) is 10.6. The van der Waals surface area contributed by atoms with E-state index in [1.165, 1.54) is 12.2 Å². The van der Waals surface area contributed by atoms with Crippen LogP contribution in [0.4, 0.5) is 4.39 Å². The first-order valence-corrected chi connectivity index (χ1v) is 4.80. The van der Waals surface area contributed by atoms with Gasteiger partial charge in [0.05, 0.1) is 7.11 Å². The number of rotatable bonds is 3. The van der Waals surface area contributed by atoms with Crippen molar-refractivity contribution in [3.05, 3.63) is 47.0 Å². The molecule has 1 aromatic carbocycles. The van der Waals surface area contributed by atoms with Crippen LogP contribution in [-0.2, 0) is 0 Å². The van der Waals surface area contributed by atoms with E-state index in [-0.39, 0.29) is 5.83 Å². The molecule has 0 heterocycles. The van der Waals surface area contributed by atoms with Gasteiger partial charge in [0.15, 0.2) is 0 Å². The van der Waals surface area contributed by atoms with Gasteiger partial charge in [0.2, 0.25) is 0 Å². The summed E-state index contributed by atoms with van der Waals surface area (Å²) in [7, 11) is 1.54. The highest BCUT2D eigenvalue weighted by atomic mass is 79.9. The molecule has 0 bridgehead atoms. The zero-order valence-electron chi connectivity index (χ0n) is 7.76. The summed E-state index contributed by atoms with van der Waals surface area (Å²) in [5.41, 5.74) is 0.462. The first-order chi connectivity index (χ1) is 6.69. The summed E-state index contributed by atoms with van der Waals surface area (Å²) in [5, 5.41) is 0. The Hall–Kier alpha value is -1.09. The van der Waals surface area contributed by atoms with Crippen molar-refractivity contribution >= 4 is 21.8 Å². The molecule has 0 saturated heterocycles. The predicted molar refractivity (Wildman–Crippen MR) is 60.0 cm³/mol. The normalized spacial score (nSPS) is 11.2. The molecule has 0 aliphatic heterocycles. The van der Waals surface area contributed by atoms with Crippen LogP contribution < -0.4 is 4.74 Å². The molecular formula is C11H10BrFO. The van der Waals surface area contributed by atoms with Crippen LogP contribution in [0.2, 0.25) is 0 Å². The number of halogens is 2. The maximum absolute atomic E-state index is 13.4. The van der Waals surface area contributed by atoms with Gasteiger partial charge in [-0.15, -0.1) is 0 Å². The van der Waals surface area contributed by atoms with E-state index in [0.717, 1.165) is 0 Å². The Morgan fingerprint density at radius 3 is 2.86 bits per heavy atom. The van der Waals surface area contributed by atoms with E-state index in [2.05, 4.69) is 22.5 Å². The van der Waals surface area contributed by atoms with Crippen LogP contribution in [0.15, 0.2) is 41.4 Å². The van der Waals surface area contributed by atoms with Crippen LogP contribution in [0.3, 0.4) is 0 Å². The van der Waals surface area contributed by atoms with Gasteiger partial charge < -0.3 is 4.74 Å². The van der Waals surface area contributed by atoms with E-state index in [1.54, 1.807) is 25.3 Å². The van der Waals surface area contributed by atoms with E-state index in [1.807, 2.05) is 0 Å². The second-order valence-electron chi connectivity index (χ2n) is 2.60. The predicted octanol–water partition coefficient (Wildman–Crippen LogP) is 3.95. The van der Waals surface area contributed by atoms with Gasteiger partial charge in [-0.1, -0.05) is 28.6 Å². The van der Waals surface area contributed by atoms with Crippen molar-refractivity contribution in [1.29, 1.82) is 0 Å². The fourth-order valence-electron chi connectivity index (χ4n) is 1.01. The van der Waals surface area contributed by atoms with Crippen LogP contribution in [0.25, 0.3) is 5.83 Å². The Kier molecular flexibility index (Phi) is 3.89. The van der Waals surface area contributed by atoms with Crippen LogP contribution in [0.5, 0.6) is 5.75 Å². The lowest BCUT2D eigenvalue weighted by Crippen LogP contribution is -1.86. The molecule has 1 rings (SSSR count). The first kappa shape index (κ1) is 11.0. The Morgan fingerprint density at radius 1 is 1.57 bits per heavy atom. The Balaban J connectivity index is 3.18. The number of hydrogen-bond acceptors (Lipinski definition) is 1. The molecule has 3 heteroatoms. The third-order valence-electron chi connectivity index (χ3n) is 1.70. The molecule has 0 radical (unpaired) electrons. The van der Waals surface area contributed by atoms with Crippen molar-refractivity contribution < 1.29 is 9.13 Å². The number of benzene rings is 1. The summed E-state index contributed by atoms with van der Waals surface area (Å²) in [4.78, 5) is 0. The lowest BCUT2D eigenvalue weighted by Gasteiger charge is -2.04. The second-order valence-corrected chi connectivity index (χ2v) is 3.45. The van der Waals surface area contributed by atoms with Gasteiger partial charge in [-0.05, 0) is 24.3 Å². The molecule has 0 spiro atoms. The Labute approximate surface area is 91.0 Å². The molecule has 0 aromatic heterocycles. The lowest BCUT2D eigenvalue weighted by molar-refractivity contribution is 0.414. The highest BCUT2D eigenvalue weighted by Gasteiger charge is 2.06. The molecule has 0 amide bonds. The first-order valence-electron chi connectivity index (χ1n) is 4.01. The lowest BCUT2D eigenvalue weighted by atomic mass is 10.2. The maximum atomic E-state index is 13.4. The second kappa shape index (κ2) is 4.96. The van der Waals surface area contributed by atoms with Crippen LogP contribution >= 0.6 is 15.9 Å². The zero-order valence-corrected chi connectivity index (χ0v) is 9.34. The Morgan fingerprint density at radius 2 is 2.29 bits per heavy atom.